The van der Waals surface area contributed by atoms with Gasteiger partial charge in [0.05, 0.1) is 17.6 Å². The summed E-state index contributed by atoms with van der Waals surface area (Å²) >= 11 is 1.80. The van der Waals surface area contributed by atoms with Crippen LogP contribution in [0.5, 0.6) is 0 Å². The summed E-state index contributed by atoms with van der Waals surface area (Å²) < 4.78 is 4.81. The van der Waals surface area contributed by atoms with E-state index in [1.807, 2.05) is 12.1 Å². The number of nitrogens with zero attached hydrogens (tertiary/aromatic N) is 1. The Morgan fingerprint density at radius 1 is 1.53 bits per heavy atom. The number of pyridine rings is 1. The smallest absolute Gasteiger partial charge is 0.356 e. The maximum atomic E-state index is 11.3. The monoisotopic (exact) mass is 223 g/mol. The van der Waals surface area contributed by atoms with Gasteiger partial charge in [0.15, 0.2) is 0 Å². The highest BCUT2D eigenvalue weighted by Crippen LogP contribution is 2.55. The van der Waals surface area contributed by atoms with Gasteiger partial charge in [0.1, 0.15) is 5.69 Å². The lowest BCUT2D eigenvalue weighted by atomic mass is 10.2. The second-order valence-corrected chi connectivity index (χ2v) is 4.79. The van der Waals surface area contributed by atoms with E-state index < -0.39 is 0 Å². The van der Waals surface area contributed by atoms with Crippen LogP contribution in [0, 0.1) is 0 Å². The van der Waals surface area contributed by atoms with E-state index >= 15 is 0 Å². The third-order valence-corrected chi connectivity index (χ3v) is 4.10. The van der Waals surface area contributed by atoms with Gasteiger partial charge in [-0.05, 0) is 31.2 Å². The fourth-order valence-corrected chi connectivity index (χ4v) is 2.42. The maximum absolute atomic E-state index is 11.3. The van der Waals surface area contributed by atoms with Gasteiger partial charge in [-0.3, -0.25) is 0 Å². The predicted molar refractivity (Wildman–Crippen MR) is 60.0 cm³/mol. The highest BCUT2D eigenvalue weighted by atomic mass is 32.2. The Morgan fingerprint density at radius 2 is 2.27 bits per heavy atom. The fourth-order valence-electron chi connectivity index (χ4n) is 1.59. The van der Waals surface area contributed by atoms with Gasteiger partial charge >= 0.3 is 5.97 Å². The molecule has 0 spiro atoms. The summed E-state index contributed by atoms with van der Waals surface area (Å²) in [4.78, 5) is 15.7. The Kier molecular flexibility index (Phi) is 2.69. The molecule has 1 aromatic rings. The molecular formula is C11H13NO2S. The van der Waals surface area contributed by atoms with Crippen molar-refractivity contribution in [3.05, 3.63) is 29.6 Å². The maximum Gasteiger partial charge on any atom is 0.356 e. The first-order chi connectivity index (χ1) is 7.22. The summed E-state index contributed by atoms with van der Waals surface area (Å²) in [6.07, 6.45) is 4.37. The van der Waals surface area contributed by atoms with Crippen molar-refractivity contribution in [2.45, 2.75) is 17.6 Å². The first-order valence-corrected chi connectivity index (χ1v) is 6.05. The molecule has 0 bridgehead atoms. The zero-order valence-electron chi connectivity index (χ0n) is 8.82. The quantitative estimate of drug-likeness (QED) is 0.737. The number of carbonyl (C=O) groups is 1. The Morgan fingerprint density at radius 3 is 2.80 bits per heavy atom. The number of carbonyl (C=O) groups excluding carboxylic acids is 1. The standard InChI is InChI=1S/C11H13NO2S/c1-14-10(13)8-4-3-5-9(12-8)11(15-2)6-7-11/h3-5H,6-7H2,1-2H3. The number of methoxy groups -OCH3 is 1. The van der Waals surface area contributed by atoms with Crippen LogP contribution < -0.4 is 0 Å². The van der Waals surface area contributed by atoms with Gasteiger partial charge in [-0.15, -0.1) is 0 Å². The number of hydrogen-bond donors (Lipinski definition) is 0. The van der Waals surface area contributed by atoms with Gasteiger partial charge in [0.2, 0.25) is 0 Å². The molecule has 0 amide bonds. The minimum Gasteiger partial charge on any atom is -0.464 e. The van der Waals surface area contributed by atoms with Gasteiger partial charge < -0.3 is 4.74 Å². The van der Waals surface area contributed by atoms with E-state index in [4.69, 9.17) is 0 Å². The molecule has 0 radical (unpaired) electrons. The summed E-state index contributed by atoms with van der Waals surface area (Å²) in [6, 6.07) is 5.53. The predicted octanol–water partition coefficient (Wildman–Crippen LogP) is 2.22. The third-order valence-electron chi connectivity index (χ3n) is 2.71. The van der Waals surface area contributed by atoms with Crippen molar-refractivity contribution < 1.29 is 9.53 Å². The van der Waals surface area contributed by atoms with Crippen molar-refractivity contribution in [1.29, 1.82) is 0 Å². The van der Waals surface area contributed by atoms with E-state index in [0.29, 0.717) is 5.69 Å². The van der Waals surface area contributed by atoms with E-state index in [0.717, 1.165) is 18.5 Å². The highest BCUT2D eigenvalue weighted by Gasteiger charge is 2.45. The molecule has 2 rings (SSSR count). The number of esters is 1. The third kappa shape index (κ3) is 1.86. The van der Waals surface area contributed by atoms with E-state index in [9.17, 15) is 4.79 Å². The average molecular weight is 223 g/mol. The number of rotatable bonds is 3. The van der Waals surface area contributed by atoms with Gasteiger partial charge in [0, 0.05) is 0 Å². The Hall–Kier alpha value is -1.03. The summed E-state index contributed by atoms with van der Waals surface area (Å²) in [7, 11) is 1.37. The first-order valence-electron chi connectivity index (χ1n) is 4.83. The summed E-state index contributed by atoms with van der Waals surface area (Å²) in [5.74, 6) is -0.367. The molecule has 80 valence electrons. The molecule has 1 saturated carbocycles. The van der Waals surface area contributed by atoms with Crippen LogP contribution in [0.4, 0.5) is 0 Å². The summed E-state index contributed by atoms with van der Waals surface area (Å²) in [6.45, 7) is 0. The second kappa shape index (κ2) is 3.85. The molecule has 0 atom stereocenters. The van der Waals surface area contributed by atoms with Crippen LogP contribution >= 0.6 is 11.8 Å². The molecule has 0 aliphatic heterocycles. The second-order valence-electron chi connectivity index (χ2n) is 3.60. The SMILES string of the molecule is COC(=O)c1cccc(C2(SC)CC2)n1. The average Bonchev–Trinajstić information content (AvgIpc) is 3.09. The molecule has 1 heterocycles. The molecule has 0 saturated heterocycles. The molecule has 1 fully saturated rings. The Bertz CT molecular complexity index is 388. The van der Waals surface area contributed by atoms with Crippen LogP contribution in [-0.2, 0) is 9.48 Å². The van der Waals surface area contributed by atoms with Crippen LogP contribution in [-0.4, -0.2) is 24.3 Å². The molecular weight excluding hydrogens is 210 g/mol. The van der Waals surface area contributed by atoms with Crippen molar-refractivity contribution in [3.63, 3.8) is 0 Å². The Balaban J connectivity index is 2.31. The van der Waals surface area contributed by atoms with E-state index in [1.165, 1.54) is 7.11 Å². The van der Waals surface area contributed by atoms with Crippen molar-refractivity contribution in [3.8, 4) is 0 Å². The van der Waals surface area contributed by atoms with Crippen LogP contribution in [0.2, 0.25) is 0 Å². The molecule has 1 aromatic heterocycles. The lowest BCUT2D eigenvalue weighted by Gasteiger charge is -2.11. The summed E-state index contributed by atoms with van der Waals surface area (Å²) in [5.41, 5.74) is 1.40. The molecule has 3 nitrogen and oxygen atoms in total. The largest absolute Gasteiger partial charge is 0.464 e. The first kappa shape index (κ1) is 10.5. The van der Waals surface area contributed by atoms with Crippen molar-refractivity contribution in [2.75, 3.05) is 13.4 Å². The molecule has 1 aliphatic carbocycles. The molecule has 0 unspecified atom stereocenters. The van der Waals surface area contributed by atoms with E-state index in [-0.39, 0.29) is 10.7 Å². The minimum absolute atomic E-state index is 0.157. The highest BCUT2D eigenvalue weighted by molar-refractivity contribution is 7.99. The number of aromatic nitrogens is 1. The Labute approximate surface area is 93.2 Å². The number of ether oxygens (including phenoxy) is 1. The van der Waals surface area contributed by atoms with Crippen molar-refractivity contribution in [1.82, 2.24) is 4.98 Å². The fraction of sp³-hybridized carbons (Fsp3) is 0.455. The van der Waals surface area contributed by atoms with Crippen LogP contribution in [0.15, 0.2) is 18.2 Å². The van der Waals surface area contributed by atoms with Gasteiger partial charge in [-0.25, -0.2) is 9.78 Å². The van der Waals surface area contributed by atoms with Gasteiger partial charge in [-0.1, -0.05) is 6.07 Å². The van der Waals surface area contributed by atoms with Crippen molar-refractivity contribution >= 4 is 17.7 Å². The molecule has 0 N–H and O–H groups in total. The lowest BCUT2D eigenvalue weighted by molar-refractivity contribution is 0.0593. The zero-order chi connectivity index (χ0) is 10.9. The topological polar surface area (TPSA) is 39.2 Å². The minimum atomic E-state index is -0.367. The van der Waals surface area contributed by atoms with Crippen LogP contribution in [0.25, 0.3) is 0 Å². The van der Waals surface area contributed by atoms with E-state index in [2.05, 4.69) is 16.0 Å². The van der Waals surface area contributed by atoms with E-state index in [1.54, 1.807) is 17.8 Å². The molecule has 1 aliphatic rings. The number of hydrogen-bond acceptors (Lipinski definition) is 4. The molecule has 0 aromatic carbocycles. The normalized spacial score (nSPS) is 17.2. The van der Waals surface area contributed by atoms with Gasteiger partial charge in [-0.2, -0.15) is 11.8 Å². The van der Waals surface area contributed by atoms with Gasteiger partial charge in [0.25, 0.3) is 0 Å². The lowest BCUT2D eigenvalue weighted by Crippen LogP contribution is -2.09. The number of thioether (sulfide) groups is 1. The summed E-state index contributed by atoms with van der Waals surface area (Å²) in [5, 5.41) is 0. The zero-order valence-corrected chi connectivity index (χ0v) is 9.63. The molecule has 4 heteroatoms. The van der Waals surface area contributed by atoms with Crippen LogP contribution in [0.1, 0.15) is 29.0 Å². The van der Waals surface area contributed by atoms with Crippen LogP contribution in [0.3, 0.4) is 0 Å². The molecule has 15 heavy (non-hydrogen) atoms. The van der Waals surface area contributed by atoms with Crippen molar-refractivity contribution in [2.24, 2.45) is 0 Å².